The van der Waals surface area contributed by atoms with Crippen molar-refractivity contribution >= 4 is 44.4 Å². The fourth-order valence-corrected chi connectivity index (χ4v) is 2.23. The number of nitrogens with two attached hydrogens (primary N) is 1. The number of rotatable bonds is 4. The molecule has 0 saturated heterocycles. The second-order valence-corrected chi connectivity index (χ2v) is 5.11. The Kier molecular flexibility index (Phi) is 4.16. The highest BCUT2D eigenvalue weighted by Crippen LogP contribution is 2.21. The first-order chi connectivity index (χ1) is 8.69. The number of hydrogen-bond acceptors (Lipinski definition) is 6. The van der Waals surface area contributed by atoms with Crippen LogP contribution in [0.5, 0.6) is 5.75 Å². The first kappa shape index (κ1) is 12.8. The van der Waals surface area contributed by atoms with Crippen molar-refractivity contribution < 1.29 is 4.74 Å². The predicted molar refractivity (Wildman–Crippen MR) is 78.4 cm³/mol. The monoisotopic (exact) mass is 326 g/mol. The lowest BCUT2D eigenvalue weighted by atomic mass is 10.2. The van der Waals surface area contributed by atoms with Crippen LogP contribution < -0.4 is 15.9 Å². The molecule has 0 bridgehead atoms. The van der Waals surface area contributed by atoms with Crippen LogP contribution in [0.4, 0.5) is 10.9 Å². The second kappa shape index (κ2) is 5.83. The summed E-state index contributed by atoms with van der Waals surface area (Å²) in [4.78, 5) is 4.03. The molecule has 2 rings (SSSR count). The number of ether oxygens (including phenoxy) is 1. The average Bonchev–Trinajstić information content (AvgIpc) is 2.75. The molecule has 18 heavy (non-hydrogen) atoms. The van der Waals surface area contributed by atoms with Crippen molar-refractivity contribution in [1.29, 1.82) is 0 Å². The molecule has 0 unspecified atom stereocenters. The van der Waals surface area contributed by atoms with Gasteiger partial charge in [0.2, 0.25) is 5.13 Å². The number of nitrogen functional groups attached to an aromatic ring is 1. The SMILES string of the molecule is COc1ccc(Br)cc1C=NNc1nc(N)cs1. The summed E-state index contributed by atoms with van der Waals surface area (Å²) in [6.45, 7) is 0. The third-order valence-electron chi connectivity index (χ3n) is 2.08. The van der Waals surface area contributed by atoms with Crippen LogP contribution in [0.2, 0.25) is 0 Å². The van der Waals surface area contributed by atoms with E-state index in [0.717, 1.165) is 15.8 Å². The Labute approximate surface area is 117 Å². The number of hydrogen-bond donors (Lipinski definition) is 2. The molecule has 0 amide bonds. The standard InChI is InChI=1S/C11H11BrN4OS/c1-17-9-3-2-8(12)4-7(9)5-14-16-11-15-10(13)6-18-11/h2-6H,13H2,1H3,(H,15,16). The summed E-state index contributed by atoms with van der Waals surface area (Å²) >= 11 is 4.80. The molecule has 0 radical (unpaired) electrons. The summed E-state index contributed by atoms with van der Waals surface area (Å²) in [6.07, 6.45) is 1.67. The molecule has 5 nitrogen and oxygen atoms in total. The quantitative estimate of drug-likeness (QED) is 0.669. The van der Waals surface area contributed by atoms with Gasteiger partial charge in [0.15, 0.2) is 0 Å². The lowest BCUT2D eigenvalue weighted by Gasteiger charge is -2.04. The maximum Gasteiger partial charge on any atom is 0.205 e. The summed E-state index contributed by atoms with van der Waals surface area (Å²) < 4.78 is 6.20. The predicted octanol–water partition coefficient (Wildman–Crippen LogP) is 2.94. The molecule has 94 valence electrons. The molecule has 0 atom stereocenters. The summed E-state index contributed by atoms with van der Waals surface area (Å²) in [5.41, 5.74) is 9.18. The van der Waals surface area contributed by atoms with E-state index in [9.17, 15) is 0 Å². The van der Waals surface area contributed by atoms with E-state index in [4.69, 9.17) is 10.5 Å². The zero-order valence-corrected chi connectivity index (χ0v) is 12.0. The smallest absolute Gasteiger partial charge is 0.205 e. The van der Waals surface area contributed by atoms with Crippen molar-refractivity contribution in [3.63, 3.8) is 0 Å². The van der Waals surface area contributed by atoms with Crippen molar-refractivity contribution in [2.75, 3.05) is 18.3 Å². The summed E-state index contributed by atoms with van der Waals surface area (Å²) in [5, 5.41) is 6.49. The molecule has 0 fully saturated rings. The largest absolute Gasteiger partial charge is 0.496 e. The molecule has 1 aromatic heterocycles. The van der Waals surface area contributed by atoms with Crippen molar-refractivity contribution in [1.82, 2.24) is 4.98 Å². The number of thiazole rings is 1. The summed E-state index contributed by atoms with van der Waals surface area (Å²) in [5.74, 6) is 1.24. The van der Waals surface area contributed by atoms with Gasteiger partial charge in [-0.05, 0) is 18.2 Å². The summed E-state index contributed by atoms with van der Waals surface area (Å²) in [6, 6.07) is 5.69. The highest BCUT2D eigenvalue weighted by atomic mass is 79.9. The highest BCUT2D eigenvalue weighted by molar-refractivity contribution is 9.10. The average molecular weight is 327 g/mol. The van der Waals surface area contributed by atoms with E-state index in [2.05, 4.69) is 31.4 Å². The minimum atomic E-state index is 0.484. The van der Waals surface area contributed by atoms with Crippen LogP contribution in [-0.4, -0.2) is 18.3 Å². The number of nitrogens with one attached hydrogen (secondary N) is 1. The van der Waals surface area contributed by atoms with Gasteiger partial charge in [0, 0.05) is 15.4 Å². The van der Waals surface area contributed by atoms with E-state index in [1.807, 2.05) is 18.2 Å². The van der Waals surface area contributed by atoms with Crippen LogP contribution in [0.3, 0.4) is 0 Å². The number of hydrazone groups is 1. The molecule has 0 saturated carbocycles. The van der Waals surface area contributed by atoms with E-state index < -0.39 is 0 Å². The third-order valence-corrected chi connectivity index (χ3v) is 3.34. The molecule has 0 aliphatic carbocycles. The van der Waals surface area contributed by atoms with Gasteiger partial charge in [0.25, 0.3) is 0 Å². The molecular formula is C11H11BrN4OS. The van der Waals surface area contributed by atoms with Gasteiger partial charge in [-0.3, -0.25) is 5.43 Å². The van der Waals surface area contributed by atoms with Crippen molar-refractivity contribution in [3.05, 3.63) is 33.6 Å². The number of anilines is 2. The molecule has 1 aromatic carbocycles. The van der Waals surface area contributed by atoms with Crippen LogP contribution >= 0.6 is 27.3 Å². The van der Waals surface area contributed by atoms with E-state index in [-0.39, 0.29) is 0 Å². The molecule has 0 aliphatic rings. The Morgan fingerprint density at radius 3 is 3.06 bits per heavy atom. The maximum atomic E-state index is 5.51. The summed E-state index contributed by atoms with van der Waals surface area (Å²) in [7, 11) is 1.62. The lowest BCUT2D eigenvalue weighted by Crippen LogP contribution is -1.94. The number of halogens is 1. The molecule has 1 heterocycles. The van der Waals surface area contributed by atoms with Gasteiger partial charge in [0.1, 0.15) is 11.6 Å². The first-order valence-corrected chi connectivity index (χ1v) is 6.70. The Bertz CT molecular complexity index is 570. The van der Waals surface area contributed by atoms with Gasteiger partial charge in [-0.2, -0.15) is 5.10 Å². The van der Waals surface area contributed by atoms with Gasteiger partial charge < -0.3 is 10.5 Å². The highest BCUT2D eigenvalue weighted by Gasteiger charge is 2.01. The van der Waals surface area contributed by atoms with Gasteiger partial charge in [-0.1, -0.05) is 15.9 Å². The Balaban J connectivity index is 2.11. The maximum absolute atomic E-state index is 5.51. The van der Waals surface area contributed by atoms with Crippen LogP contribution in [0, 0.1) is 0 Å². The number of aromatic nitrogens is 1. The normalized spacial score (nSPS) is 10.8. The minimum absolute atomic E-state index is 0.484. The molecule has 2 aromatic rings. The van der Waals surface area contributed by atoms with Crippen molar-refractivity contribution in [2.45, 2.75) is 0 Å². The van der Waals surface area contributed by atoms with E-state index in [1.54, 1.807) is 18.7 Å². The number of methoxy groups -OCH3 is 1. The molecule has 3 N–H and O–H groups in total. The van der Waals surface area contributed by atoms with Crippen molar-refractivity contribution in [3.8, 4) is 5.75 Å². The van der Waals surface area contributed by atoms with Gasteiger partial charge >= 0.3 is 0 Å². The van der Waals surface area contributed by atoms with E-state index in [1.165, 1.54) is 11.3 Å². The Hall–Kier alpha value is -1.60. The Morgan fingerprint density at radius 1 is 1.56 bits per heavy atom. The number of benzene rings is 1. The van der Waals surface area contributed by atoms with Gasteiger partial charge in [-0.15, -0.1) is 11.3 Å². The fourth-order valence-electron chi connectivity index (χ4n) is 1.30. The molecule has 0 spiro atoms. The van der Waals surface area contributed by atoms with Crippen molar-refractivity contribution in [2.24, 2.45) is 5.10 Å². The number of nitrogens with zero attached hydrogens (tertiary/aromatic N) is 2. The first-order valence-electron chi connectivity index (χ1n) is 5.02. The van der Waals surface area contributed by atoms with Crippen LogP contribution in [0.15, 0.2) is 33.2 Å². The molecule has 7 heteroatoms. The van der Waals surface area contributed by atoms with Gasteiger partial charge in [0.05, 0.1) is 13.3 Å². The van der Waals surface area contributed by atoms with E-state index in [0.29, 0.717) is 10.9 Å². The lowest BCUT2D eigenvalue weighted by molar-refractivity contribution is 0.414. The molecule has 0 aliphatic heterocycles. The minimum Gasteiger partial charge on any atom is -0.496 e. The van der Waals surface area contributed by atoms with E-state index >= 15 is 0 Å². The van der Waals surface area contributed by atoms with Crippen LogP contribution in [-0.2, 0) is 0 Å². The zero-order valence-electron chi connectivity index (χ0n) is 9.55. The zero-order chi connectivity index (χ0) is 13.0. The second-order valence-electron chi connectivity index (χ2n) is 3.33. The Morgan fingerprint density at radius 2 is 2.39 bits per heavy atom. The topological polar surface area (TPSA) is 72.5 Å². The molecular weight excluding hydrogens is 316 g/mol. The van der Waals surface area contributed by atoms with Gasteiger partial charge in [-0.25, -0.2) is 4.98 Å². The fraction of sp³-hybridized carbons (Fsp3) is 0.0909. The third kappa shape index (κ3) is 3.21. The van der Waals surface area contributed by atoms with Crippen LogP contribution in [0.25, 0.3) is 0 Å². The van der Waals surface area contributed by atoms with Crippen LogP contribution in [0.1, 0.15) is 5.56 Å².